The molecule has 0 spiro atoms. The molecule has 1 saturated heterocycles. The van der Waals surface area contributed by atoms with E-state index in [0.717, 1.165) is 44.3 Å². The fourth-order valence-electron chi connectivity index (χ4n) is 3.80. The predicted molar refractivity (Wildman–Crippen MR) is 109 cm³/mol. The second-order valence-electron chi connectivity index (χ2n) is 7.86. The molecule has 5 heteroatoms. The van der Waals surface area contributed by atoms with Crippen LogP contribution in [0.3, 0.4) is 0 Å². The average Bonchev–Trinajstić information content (AvgIpc) is 2.68. The monoisotopic (exact) mass is 373 g/mol. The zero-order valence-electron chi connectivity index (χ0n) is 17.2. The highest BCUT2D eigenvalue weighted by Gasteiger charge is 2.27. The van der Waals surface area contributed by atoms with Gasteiger partial charge in [0.05, 0.1) is 6.04 Å². The number of nitrogens with one attached hydrogen (secondary N) is 2. The highest BCUT2D eigenvalue weighted by atomic mass is 16.2. The normalized spacial score (nSPS) is 16.4. The lowest BCUT2D eigenvalue weighted by Crippen LogP contribution is -2.50. The lowest BCUT2D eigenvalue weighted by molar-refractivity contribution is -0.136. The molecular formula is C22H35N3O2. The molecule has 0 aliphatic carbocycles. The van der Waals surface area contributed by atoms with Crippen molar-refractivity contribution in [3.05, 3.63) is 35.9 Å². The van der Waals surface area contributed by atoms with Crippen LogP contribution < -0.4 is 10.6 Å². The van der Waals surface area contributed by atoms with Gasteiger partial charge in [-0.25, -0.2) is 4.79 Å². The Morgan fingerprint density at radius 2 is 1.67 bits per heavy atom. The van der Waals surface area contributed by atoms with Crippen molar-refractivity contribution in [2.75, 3.05) is 13.1 Å². The summed E-state index contributed by atoms with van der Waals surface area (Å²) in [5.41, 5.74) is 1.12. The minimum Gasteiger partial charge on any atom is -0.342 e. The van der Waals surface area contributed by atoms with E-state index < -0.39 is 0 Å². The summed E-state index contributed by atoms with van der Waals surface area (Å²) in [7, 11) is 0. The van der Waals surface area contributed by atoms with Crippen LogP contribution in [0.1, 0.15) is 65.0 Å². The summed E-state index contributed by atoms with van der Waals surface area (Å²) < 4.78 is 0. The molecular weight excluding hydrogens is 338 g/mol. The van der Waals surface area contributed by atoms with Crippen molar-refractivity contribution in [2.45, 2.75) is 65.5 Å². The van der Waals surface area contributed by atoms with E-state index in [0.29, 0.717) is 5.92 Å². The first-order valence-corrected chi connectivity index (χ1v) is 10.4. The quantitative estimate of drug-likeness (QED) is 0.755. The third-order valence-corrected chi connectivity index (χ3v) is 5.59. The summed E-state index contributed by atoms with van der Waals surface area (Å²) in [6.45, 7) is 9.82. The number of carbonyl (C=O) groups excluding carboxylic acids is 2. The maximum absolute atomic E-state index is 12.5. The number of carbonyl (C=O) groups is 2. The van der Waals surface area contributed by atoms with Crippen molar-refractivity contribution in [3.63, 3.8) is 0 Å². The van der Waals surface area contributed by atoms with Crippen molar-refractivity contribution >= 4 is 11.9 Å². The van der Waals surface area contributed by atoms with E-state index in [1.165, 1.54) is 0 Å². The molecule has 0 aromatic heterocycles. The third kappa shape index (κ3) is 5.98. The second kappa shape index (κ2) is 10.3. The summed E-state index contributed by atoms with van der Waals surface area (Å²) in [5, 5.41) is 6.22. The van der Waals surface area contributed by atoms with Crippen molar-refractivity contribution in [3.8, 4) is 0 Å². The molecule has 1 heterocycles. The minimum atomic E-state index is -0.123. The minimum absolute atomic E-state index is 0.0114. The van der Waals surface area contributed by atoms with E-state index in [4.69, 9.17) is 0 Å². The van der Waals surface area contributed by atoms with Crippen LogP contribution in [0.25, 0.3) is 0 Å². The molecule has 1 aromatic carbocycles. The topological polar surface area (TPSA) is 61.4 Å². The van der Waals surface area contributed by atoms with Gasteiger partial charge in [-0.15, -0.1) is 0 Å². The summed E-state index contributed by atoms with van der Waals surface area (Å²) in [6, 6.07) is 10.1. The lowest BCUT2D eigenvalue weighted by Gasteiger charge is -2.34. The summed E-state index contributed by atoms with van der Waals surface area (Å²) in [6.07, 6.45) is 3.42. The van der Waals surface area contributed by atoms with E-state index in [9.17, 15) is 9.59 Å². The molecule has 1 aromatic rings. The first kappa shape index (κ1) is 21.3. The second-order valence-corrected chi connectivity index (χ2v) is 7.86. The highest BCUT2D eigenvalue weighted by Crippen LogP contribution is 2.21. The fraction of sp³-hybridized carbons (Fsp3) is 0.636. The Balaban J connectivity index is 1.84. The molecule has 1 aliphatic heterocycles. The van der Waals surface area contributed by atoms with Gasteiger partial charge in [0.15, 0.2) is 0 Å². The molecule has 1 fully saturated rings. The molecule has 150 valence electrons. The summed E-state index contributed by atoms with van der Waals surface area (Å²) in [4.78, 5) is 27.0. The lowest BCUT2D eigenvalue weighted by atomic mass is 9.96. The Morgan fingerprint density at radius 3 is 2.19 bits per heavy atom. The zero-order valence-corrected chi connectivity index (χ0v) is 17.2. The average molecular weight is 374 g/mol. The fourth-order valence-corrected chi connectivity index (χ4v) is 3.80. The van der Waals surface area contributed by atoms with Gasteiger partial charge in [-0.2, -0.15) is 0 Å². The number of hydrogen-bond donors (Lipinski definition) is 2. The summed E-state index contributed by atoms with van der Waals surface area (Å²) >= 11 is 0. The molecule has 1 unspecified atom stereocenters. The number of rotatable bonds is 7. The van der Waals surface area contributed by atoms with Crippen LogP contribution in [-0.4, -0.2) is 36.0 Å². The van der Waals surface area contributed by atoms with Crippen molar-refractivity contribution in [1.82, 2.24) is 15.5 Å². The Labute approximate surface area is 163 Å². The van der Waals surface area contributed by atoms with E-state index >= 15 is 0 Å². The molecule has 0 saturated carbocycles. The molecule has 1 atom stereocenters. The van der Waals surface area contributed by atoms with Gasteiger partial charge in [0, 0.05) is 25.0 Å². The molecule has 5 nitrogen and oxygen atoms in total. The summed E-state index contributed by atoms with van der Waals surface area (Å²) in [5.74, 6) is 0.708. The molecule has 2 N–H and O–H groups in total. The van der Waals surface area contributed by atoms with E-state index in [1.807, 2.05) is 35.2 Å². The number of amides is 3. The Morgan fingerprint density at radius 1 is 1.07 bits per heavy atom. The van der Waals surface area contributed by atoms with Crippen LogP contribution in [0.5, 0.6) is 0 Å². The predicted octanol–water partition coefficient (Wildman–Crippen LogP) is 4.11. The van der Waals surface area contributed by atoms with Gasteiger partial charge < -0.3 is 15.5 Å². The van der Waals surface area contributed by atoms with E-state index in [1.54, 1.807) is 0 Å². The number of urea groups is 1. The smallest absolute Gasteiger partial charge is 0.315 e. The highest BCUT2D eigenvalue weighted by molar-refractivity contribution is 5.79. The van der Waals surface area contributed by atoms with Gasteiger partial charge in [-0.3, -0.25) is 4.79 Å². The molecule has 3 amide bonds. The maximum Gasteiger partial charge on any atom is 0.315 e. The first-order chi connectivity index (χ1) is 13.0. The number of hydrogen-bond acceptors (Lipinski definition) is 2. The maximum atomic E-state index is 12.5. The van der Waals surface area contributed by atoms with Crippen LogP contribution in [0, 0.1) is 11.8 Å². The van der Waals surface area contributed by atoms with E-state index in [2.05, 4.69) is 38.3 Å². The van der Waals surface area contributed by atoms with Crippen molar-refractivity contribution in [1.29, 1.82) is 0 Å². The molecule has 2 rings (SSSR count). The Hall–Kier alpha value is -2.04. The van der Waals surface area contributed by atoms with Crippen LogP contribution in [0.2, 0.25) is 0 Å². The van der Waals surface area contributed by atoms with Crippen LogP contribution in [0.15, 0.2) is 30.3 Å². The van der Waals surface area contributed by atoms with Gasteiger partial charge in [0.25, 0.3) is 0 Å². The van der Waals surface area contributed by atoms with Crippen molar-refractivity contribution in [2.24, 2.45) is 11.8 Å². The standard InChI is InChI=1S/C22H35N3O2/c1-5-17(6-2)21(26)25-14-12-19(13-15-25)23-22(27)24-20(16(3)4)18-10-8-7-9-11-18/h7-11,16-17,19-20H,5-6,12-15H2,1-4H3,(H2,23,24,27). The Kier molecular flexibility index (Phi) is 8.14. The molecule has 0 radical (unpaired) electrons. The molecule has 27 heavy (non-hydrogen) atoms. The van der Waals surface area contributed by atoms with E-state index in [-0.39, 0.29) is 29.9 Å². The number of piperidine rings is 1. The number of benzene rings is 1. The first-order valence-electron chi connectivity index (χ1n) is 10.4. The zero-order chi connectivity index (χ0) is 19.8. The van der Waals surface area contributed by atoms with Gasteiger partial charge in [0.2, 0.25) is 5.91 Å². The molecule has 1 aliphatic rings. The van der Waals surface area contributed by atoms with Crippen LogP contribution >= 0.6 is 0 Å². The SMILES string of the molecule is CCC(CC)C(=O)N1CCC(NC(=O)NC(c2ccccc2)C(C)C)CC1. The van der Waals surface area contributed by atoms with Gasteiger partial charge in [-0.1, -0.05) is 58.0 Å². The third-order valence-electron chi connectivity index (χ3n) is 5.59. The van der Waals surface area contributed by atoms with Gasteiger partial charge in [0.1, 0.15) is 0 Å². The largest absolute Gasteiger partial charge is 0.342 e. The Bertz CT molecular complexity index is 591. The molecule has 0 bridgehead atoms. The van der Waals surface area contributed by atoms with Gasteiger partial charge >= 0.3 is 6.03 Å². The van der Waals surface area contributed by atoms with Gasteiger partial charge in [-0.05, 0) is 37.2 Å². The van der Waals surface area contributed by atoms with Crippen LogP contribution in [0.4, 0.5) is 4.79 Å². The van der Waals surface area contributed by atoms with Crippen molar-refractivity contribution < 1.29 is 9.59 Å². The number of likely N-dealkylation sites (tertiary alicyclic amines) is 1. The number of nitrogens with zero attached hydrogens (tertiary/aromatic N) is 1. The van der Waals surface area contributed by atoms with Crippen LogP contribution in [-0.2, 0) is 4.79 Å².